The van der Waals surface area contributed by atoms with E-state index in [1.165, 1.54) is 10.4 Å². The zero-order chi connectivity index (χ0) is 13.9. The maximum Gasteiger partial charge on any atom is 0.315 e. The molecule has 106 valence electrons. The van der Waals surface area contributed by atoms with Gasteiger partial charge in [0.1, 0.15) is 0 Å². The summed E-state index contributed by atoms with van der Waals surface area (Å²) in [5, 5.41) is 11.1. The average Bonchev–Trinajstić information content (AvgIpc) is 3.05. The Morgan fingerprint density at radius 3 is 3.20 bits per heavy atom. The molecule has 0 aromatic carbocycles. The first-order valence-corrected chi connectivity index (χ1v) is 8.50. The van der Waals surface area contributed by atoms with Crippen molar-refractivity contribution < 1.29 is 4.79 Å². The maximum atomic E-state index is 12.0. The molecule has 2 amide bonds. The van der Waals surface area contributed by atoms with Gasteiger partial charge in [-0.3, -0.25) is 0 Å². The molecule has 2 aromatic rings. The van der Waals surface area contributed by atoms with Crippen LogP contribution in [-0.2, 0) is 13.0 Å². The van der Waals surface area contributed by atoms with Crippen LogP contribution in [0.3, 0.4) is 0 Å². The molecule has 1 atom stereocenters. The van der Waals surface area contributed by atoms with Crippen LogP contribution in [0.25, 0.3) is 0 Å². The molecular weight excluding hydrogens is 290 g/mol. The van der Waals surface area contributed by atoms with Gasteiger partial charge in [0.25, 0.3) is 0 Å². The minimum Gasteiger partial charge on any atom is -0.332 e. The largest absolute Gasteiger partial charge is 0.332 e. The van der Waals surface area contributed by atoms with Crippen molar-refractivity contribution in [3.63, 3.8) is 0 Å². The quantitative estimate of drug-likeness (QED) is 0.913. The van der Waals surface area contributed by atoms with Crippen LogP contribution in [0.15, 0.2) is 16.8 Å². The van der Waals surface area contributed by atoms with E-state index in [4.69, 9.17) is 0 Å². The molecule has 3 rings (SSSR count). The fraction of sp³-hybridized carbons (Fsp3) is 0.429. The first kappa shape index (κ1) is 13.6. The van der Waals surface area contributed by atoms with Crippen molar-refractivity contribution in [1.82, 2.24) is 15.6 Å². The second kappa shape index (κ2) is 5.93. The number of amides is 2. The lowest BCUT2D eigenvalue weighted by atomic mass is 9.94. The van der Waals surface area contributed by atoms with E-state index in [2.05, 4.69) is 27.1 Å². The number of carbonyl (C=O) groups excluding carboxylic acids is 1. The molecule has 4 nitrogen and oxygen atoms in total. The lowest BCUT2D eigenvalue weighted by molar-refractivity contribution is 0.235. The third kappa shape index (κ3) is 3.02. The van der Waals surface area contributed by atoms with Crippen LogP contribution >= 0.6 is 22.7 Å². The number of urea groups is 1. The van der Waals surface area contributed by atoms with Crippen LogP contribution in [0.4, 0.5) is 4.79 Å². The highest BCUT2D eigenvalue weighted by atomic mass is 32.1. The van der Waals surface area contributed by atoms with Gasteiger partial charge in [0.2, 0.25) is 0 Å². The topological polar surface area (TPSA) is 54.0 Å². The van der Waals surface area contributed by atoms with Crippen LogP contribution < -0.4 is 10.6 Å². The van der Waals surface area contributed by atoms with Gasteiger partial charge in [0.05, 0.1) is 23.3 Å². The Morgan fingerprint density at radius 2 is 2.40 bits per heavy atom. The molecule has 2 N–H and O–H groups in total. The van der Waals surface area contributed by atoms with Gasteiger partial charge in [-0.15, -0.1) is 22.7 Å². The summed E-state index contributed by atoms with van der Waals surface area (Å²) < 4.78 is 0. The van der Waals surface area contributed by atoms with Gasteiger partial charge in [0, 0.05) is 10.3 Å². The number of rotatable bonds is 3. The molecule has 20 heavy (non-hydrogen) atoms. The Morgan fingerprint density at radius 1 is 1.50 bits per heavy atom. The molecule has 0 aliphatic heterocycles. The van der Waals surface area contributed by atoms with Crippen LogP contribution in [0.5, 0.6) is 0 Å². The summed E-state index contributed by atoms with van der Waals surface area (Å²) in [6.07, 6.45) is 3.31. The second-order valence-corrected chi connectivity index (χ2v) is 6.99. The number of fused-ring (bicyclic) bond motifs is 1. The Kier molecular flexibility index (Phi) is 4.03. The molecule has 1 aliphatic carbocycles. The summed E-state index contributed by atoms with van der Waals surface area (Å²) in [6, 6.07) is 2.18. The molecule has 6 heteroatoms. The highest BCUT2D eigenvalue weighted by Gasteiger charge is 2.22. The fourth-order valence-corrected chi connectivity index (χ4v) is 4.11. The fourth-order valence-electron chi connectivity index (χ4n) is 2.51. The smallest absolute Gasteiger partial charge is 0.315 e. The number of hydrogen-bond acceptors (Lipinski definition) is 4. The van der Waals surface area contributed by atoms with Gasteiger partial charge >= 0.3 is 6.03 Å². The number of hydrogen-bond donors (Lipinski definition) is 2. The lowest BCUT2D eigenvalue weighted by Crippen LogP contribution is -2.38. The van der Waals surface area contributed by atoms with Crippen LogP contribution in [-0.4, -0.2) is 11.0 Å². The van der Waals surface area contributed by atoms with Crippen molar-refractivity contribution in [1.29, 1.82) is 0 Å². The number of aromatic nitrogens is 1. The van der Waals surface area contributed by atoms with E-state index in [0.29, 0.717) is 6.54 Å². The molecule has 0 saturated carbocycles. The summed E-state index contributed by atoms with van der Waals surface area (Å²) in [4.78, 5) is 17.7. The lowest BCUT2D eigenvalue weighted by Gasteiger charge is -2.23. The number of carbonyl (C=O) groups is 1. The van der Waals surface area contributed by atoms with Crippen LogP contribution in [0.2, 0.25) is 0 Å². The van der Waals surface area contributed by atoms with Crippen molar-refractivity contribution in [3.8, 4) is 0 Å². The summed E-state index contributed by atoms with van der Waals surface area (Å²) >= 11 is 3.39. The van der Waals surface area contributed by atoms with Crippen molar-refractivity contribution in [3.05, 3.63) is 38.0 Å². The summed E-state index contributed by atoms with van der Waals surface area (Å²) in [6.45, 7) is 2.45. The standard InChI is InChI=1S/C14H17N3OS2/c1-9-16-10(8-20-9)7-15-14(18)17-12-3-2-4-13-11(12)5-6-19-13/h5-6,8,12H,2-4,7H2,1H3,(H2,15,17,18). The van der Waals surface area contributed by atoms with E-state index in [1.54, 1.807) is 22.7 Å². The third-order valence-electron chi connectivity index (χ3n) is 3.45. The predicted molar refractivity (Wildman–Crippen MR) is 82.2 cm³/mol. The highest BCUT2D eigenvalue weighted by Crippen LogP contribution is 2.33. The maximum absolute atomic E-state index is 12.0. The molecule has 0 spiro atoms. The van der Waals surface area contributed by atoms with E-state index in [0.717, 1.165) is 30.0 Å². The van der Waals surface area contributed by atoms with Gasteiger partial charge in [0.15, 0.2) is 0 Å². The Hall–Kier alpha value is -1.40. The van der Waals surface area contributed by atoms with E-state index < -0.39 is 0 Å². The molecule has 2 heterocycles. The Bertz CT molecular complexity index is 605. The van der Waals surface area contributed by atoms with E-state index in [-0.39, 0.29) is 12.1 Å². The van der Waals surface area contributed by atoms with E-state index in [9.17, 15) is 4.79 Å². The average molecular weight is 307 g/mol. The monoisotopic (exact) mass is 307 g/mol. The Labute approximate surface area is 126 Å². The third-order valence-corrected chi connectivity index (χ3v) is 5.27. The number of aryl methyl sites for hydroxylation is 2. The van der Waals surface area contributed by atoms with Crippen molar-refractivity contribution >= 4 is 28.7 Å². The Balaban J connectivity index is 1.55. The summed E-state index contributed by atoms with van der Waals surface area (Å²) in [7, 11) is 0. The minimum atomic E-state index is -0.111. The predicted octanol–water partition coefficient (Wildman–Crippen LogP) is 3.39. The van der Waals surface area contributed by atoms with Gasteiger partial charge in [-0.25, -0.2) is 9.78 Å². The van der Waals surface area contributed by atoms with E-state index in [1.807, 2.05) is 12.3 Å². The van der Waals surface area contributed by atoms with Crippen LogP contribution in [0.1, 0.15) is 40.0 Å². The summed E-state index contributed by atoms with van der Waals surface area (Å²) in [5.41, 5.74) is 2.21. The molecule has 2 aromatic heterocycles. The number of nitrogens with zero attached hydrogens (tertiary/aromatic N) is 1. The first-order valence-electron chi connectivity index (χ1n) is 6.74. The normalized spacial score (nSPS) is 17.6. The number of nitrogens with one attached hydrogen (secondary N) is 2. The molecular formula is C14H17N3OS2. The molecule has 1 aliphatic rings. The molecule has 0 bridgehead atoms. The summed E-state index contributed by atoms with van der Waals surface area (Å²) in [5.74, 6) is 0. The molecule has 1 unspecified atom stereocenters. The second-order valence-electron chi connectivity index (χ2n) is 4.93. The van der Waals surface area contributed by atoms with Gasteiger partial charge < -0.3 is 10.6 Å². The highest BCUT2D eigenvalue weighted by molar-refractivity contribution is 7.10. The van der Waals surface area contributed by atoms with Crippen molar-refractivity contribution in [2.45, 2.75) is 38.8 Å². The zero-order valence-electron chi connectivity index (χ0n) is 11.3. The molecule has 0 fully saturated rings. The van der Waals surface area contributed by atoms with Crippen LogP contribution in [0, 0.1) is 6.92 Å². The van der Waals surface area contributed by atoms with Gasteiger partial charge in [-0.1, -0.05) is 0 Å². The zero-order valence-corrected chi connectivity index (χ0v) is 12.9. The van der Waals surface area contributed by atoms with Gasteiger partial charge in [-0.05, 0) is 43.2 Å². The minimum absolute atomic E-state index is 0.111. The number of thiazole rings is 1. The number of thiophene rings is 1. The molecule has 0 radical (unpaired) electrons. The molecule has 0 saturated heterocycles. The SMILES string of the molecule is Cc1nc(CNC(=O)NC2CCCc3sccc32)cs1. The van der Waals surface area contributed by atoms with Gasteiger partial charge in [-0.2, -0.15) is 0 Å². The van der Waals surface area contributed by atoms with E-state index >= 15 is 0 Å². The van der Waals surface area contributed by atoms with Crippen molar-refractivity contribution in [2.24, 2.45) is 0 Å². The van der Waals surface area contributed by atoms with Crippen molar-refractivity contribution in [2.75, 3.05) is 0 Å². The first-order chi connectivity index (χ1) is 9.72.